The molecular formula is C21H23NO7S. The molecule has 0 saturated carbocycles. The first-order valence-corrected chi connectivity index (χ1v) is 10.9. The minimum absolute atomic E-state index is 0.206. The molecule has 2 saturated heterocycles. The molecule has 4 rings (SSSR count). The highest BCUT2D eigenvalue weighted by molar-refractivity contribution is 7.85. The van der Waals surface area contributed by atoms with Gasteiger partial charge >= 0.3 is 0 Å². The number of hydrogen-bond donors (Lipinski definition) is 0. The highest BCUT2D eigenvalue weighted by Crippen LogP contribution is 2.40. The van der Waals surface area contributed by atoms with Gasteiger partial charge in [-0.1, -0.05) is 48.5 Å². The van der Waals surface area contributed by atoms with Crippen molar-refractivity contribution < 1.29 is 28.1 Å². The molecule has 0 bridgehead atoms. The average molecular weight is 433 g/mol. The van der Waals surface area contributed by atoms with Gasteiger partial charge < -0.3 is 18.9 Å². The van der Waals surface area contributed by atoms with Gasteiger partial charge in [-0.05, 0) is 12.1 Å². The molecule has 30 heavy (non-hydrogen) atoms. The number of fused-ring (bicyclic) bond motifs is 1. The topological polar surface area (TPSA) is 97.1 Å². The fourth-order valence-electron chi connectivity index (χ4n) is 3.99. The van der Waals surface area contributed by atoms with Crippen LogP contribution in [0.25, 0.3) is 0 Å². The lowest BCUT2D eigenvalue weighted by Crippen LogP contribution is -2.62. The molecule has 2 aromatic carbocycles. The van der Waals surface area contributed by atoms with Gasteiger partial charge in [0.1, 0.15) is 12.2 Å². The van der Waals surface area contributed by atoms with E-state index in [1.165, 1.54) is 7.11 Å². The van der Waals surface area contributed by atoms with E-state index < -0.39 is 58.2 Å². The van der Waals surface area contributed by atoms with Gasteiger partial charge in [0.15, 0.2) is 12.6 Å². The first-order valence-electron chi connectivity index (χ1n) is 9.66. The van der Waals surface area contributed by atoms with Crippen molar-refractivity contribution in [3.05, 3.63) is 76.3 Å². The third kappa shape index (κ3) is 4.30. The van der Waals surface area contributed by atoms with Gasteiger partial charge in [0.05, 0.1) is 28.6 Å². The van der Waals surface area contributed by atoms with Gasteiger partial charge in [-0.15, -0.1) is 0 Å². The molecule has 160 valence electrons. The van der Waals surface area contributed by atoms with E-state index in [-0.39, 0.29) is 6.61 Å². The zero-order chi connectivity index (χ0) is 21.1. The fraction of sp³-hybridized carbons (Fsp3) is 0.429. The molecule has 2 aliphatic rings. The van der Waals surface area contributed by atoms with E-state index in [2.05, 4.69) is 0 Å². The van der Waals surface area contributed by atoms with Crippen LogP contribution in [0.1, 0.15) is 11.9 Å². The largest absolute Gasteiger partial charge is 0.355 e. The summed E-state index contributed by atoms with van der Waals surface area (Å²) in [7, 11) is -0.145. The lowest BCUT2D eigenvalue weighted by Gasteiger charge is -2.47. The number of ether oxygens (including phenoxy) is 4. The number of nitrogens with zero attached hydrogens (tertiary/aromatic N) is 1. The van der Waals surface area contributed by atoms with Crippen LogP contribution in [0, 0.1) is 16.0 Å². The number of hydrogen-bond acceptors (Lipinski definition) is 7. The van der Waals surface area contributed by atoms with Gasteiger partial charge in [0, 0.05) is 22.5 Å². The van der Waals surface area contributed by atoms with Crippen LogP contribution in [-0.2, 0) is 29.7 Å². The van der Waals surface area contributed by atoms with E-state index in [1.54, 1.807) is 24.3 Å². The molecule has 2 aliphatic heterocycles. The Morgan fingerprint density at radius 2 is 1.77 bits per heavy atom. The summed E-state index contributed by atoms with van der Waals surface area (Å²) in [5.41, 5.74) is 0.819. The predicted octanol–water partition coefficient (Wildman–Crippen LogP) is 2.54. The third-order valence-electron chi connectivity index (χ3n) is 5.35. The molecule has 8 nitrogen and oxygen atoms in total. The van der Waals surface area contributed by atoms with Gasteiger partial charge in [0.25, 0.3) is 0 Å². The van der Waals surface area contributed by atoms with Gasteiger partial charge in [0.2, 0.25) is 6.54 Å². The van der Waals surface area contributed by atoms with Crippen LogP contribution >= 0.6 is 0 Å². The number of benzene rings is 2. The maximum atomic E-state index is 13.6. The molecule has 0 spiro atoms. The van der Waals surface area contributed by atoms with Crippen molar-refractivity contribution in [2.45, 2.75) is 34.9 Å². The molecule has 0 aromatic heterocycles. The van der Waals surface area contributed by atoms with Crippen LogP contribution < -0.4 is 0 Å². The first-order chi connectivity index (χ1) is 14.6. The van der Waals surface area contributed by atoms with Gasteiger partial charge in [-0.25, -0.2) is 0 Å². The second-order valence-electron chi connectivity index (χ2n) is 7.21. The van der Waals surface area contributed by atoms with Crippen molar-refractivity contribution in [2.75, 3.05) is 20.3 Å². The van der Waals surface area contributed by atoms with E-state index in [4.69, 9.17) is 18.9 Å². The molecule has 9 heteroatoms. The third-order valence-corrected chi connectivity index (χ3v) is 7.20. The summed E-state index contributed by atoms with van der Waals surface area (Å²) in [6, 6.07) is 18.3. The van der Waals surface area contributed by atoms with Gasteiger partial charge in [-0.3, -0.25) is 14.3 Å². The van der Waals surface area contributed by atoms with Gasteiger partial charge in [-0.2, -0.15) is 0 Å². The van der Waals surface area contributed by atoms with Crippen LogP contribution in [0.5, 0.6) is 0 Å². The highest BCUT2D eigenvalue weighted by Gasteiger charge is 2.54. The number of rotatable bonds is 6. The second kappa shape index (κ2) is 9.32. The zero-order valence-electron chi connectivity index (χ0n) is 16.4. The fourth-order valence-corrected chi connectivity index (χ4v) is 5.75. The Hall–Kier alpha value is -2.17. The summed E-state index contributed by atoms with van der Waals surface area (Å²) in [4.78, 5) is 11.6. The quantitative estimate of drug-likeness (QED) is 0.510. The molecule has 2 fully saturated rings. The first kappa shape index (κ1) is 21.1. The van der Waals surface area contributed by atoms with E-state index in [9.17, 15) is 14.3 Å². The lowest BCUT2D eigenvalue weighted by atomic mass is 9.92. The second-order valence-corrected chi connectivity index (χ2v) is 8.82. The summed E-state index contributed by atoms with van der Waals surface area (Å²) >= 11 is 0. The Kier molecular flexibility index (Phi) is 6.55. The molecular weight excluding hydrogens is 410 g/mol. The van der Waals surface area contributed by atoms with E-state index in [1.807, 2.05) is 36.4 Å². The maximum Gasteiger partial charge on any atom is 0.212 e. The Morgan fingerprint density at radius 1 is 1.10 bits per heavy atom. The Labute approximate surface area is 176 Å². The molecule has 0 radical (unpaired) electrons. The van der Waals surface area contributed by atoms with Crippen molar-refractivity contribution in [1.82, 2.24) is 0 Å². The Bertz CT molecular complexity index is 881. The van der Waals surface area contributed by atoms with Crippen molar-refractivity contribution >= 4 is 10.8 Å². The smallest absolute Gasteiger partial charge is 0.212 e. The predicted molar refractivity (Wildman–Crippen MR) is 108 cm³/mol. The normalized spacial score (nSPS) is 32.2. The standard InChI is InChI=1S/C21H23NO7S/c1-26-21-16(12-22(23)24)19(30(25)15-10-6-3-7-11-15)18-17(28-21)13-27-20(29-18)14-8-4-2-5-9-14/h2-11,16-21H,12-13H2,1H3/t16-,17+,18+,19-,20+,21-,30+/m0/s1. The lowest BCUT2D eigenvalue weighted by molar-refractivity contribution is -0.498. The maximum absolute atomic E-state index is 13.6. The minimum Gasteiger partial charge on any atom is -0.355 e. The molecule has 0 N–H and O–H groups in total. The zero-order valence-corrected chi connectivity index (χ0v) is 17.2. The number of nitro groups is 1. The van der Waals surface area contributed by atoms with Crippen molar-refractivity contribution in [3.8, 4) is 0 Å². The van der Waals surface area contributed by atoms with Crippen molar-refractivity contribution in [1.29, 1.82) is 0 Å². The van der Waals surface area contributed by atoms with Crippen molar-refractivity contribution in [3.63, 3.8) is 0 Å². The Morgan fingerprint density at radius 3 is 2.40 bits per heavy atom. The summed E-state index contributed by atoms with van der Waals surface area (Å²) in [6.07, 6.45) is -2.74. The molecule has 2 heterocycles. The summed E-state index contributed by atoms with van der Waals surface area (Å²) in [6.45, 7) is -0.233. The molecule has 0 amide bonds. The summed E-state index contributed by atoms with van der Waals surface area (Å²) in [5, 5.41) is 10.7. The van der Waals surface area contributed by atoms with Crippen molar-refractivity contribution in [2.24, 2.45) is 5.92 Å². The summed E-state index contributed by atoms with van der Waals surface area (Å²) in [5.74, 6) is -0.748. The van der Waals surface area contributed by atoms with Crippen LogP contribution in [0.15, 0.2) is 65.6 Å². The average Bonchev–Trinajstić information content (AvgIpc) is 2.78. The highest BCUT2D eigenvalue weighted by atomic mass is 32.2. The van der Waals surface area contributed by atoms with E-state index in [0.29, 0.717) is 4.90 Å². The number of methoxy groups -OCH3 is 1. The van der Waals surface area contributed by atoms with E-state index >= 15 is 0 Å². The minimum atomic E-state index is -1.57. The SMILES string of the molecule is CO[C@H]1O[C@@H]2CO[C@@H](c3ccccc3)O[C@H]2[C@@H]([S@](=O)c2ccccc2)[C@@H]1C[N+](=O)[O-]. The summed E-state index contributed by atoms with van der Waals surface area (Å²) < 4.78 is 37.0. The van der Waals surface area contributed by atoms with Crippen LogP contribution in [0.2, 0.25) is 0 Å². The molecule has 0 unspecified atom stereocenters. The van der Waals surface area contributed by atoms with Crippen LogP contribution in [0.3, 0.4) is 0 Å². The molecule has 2 aromatic rings. The molecule has 0 aliphatic carbocycles. The van der Waals surface area contributed by atoms with Crippen LogP contribution in [-0.4, -0.2) is 53.1 Å². The molecule has 7 atom stereocenters. The van der Waals surface area contributed by atoms with Crippen LogP contribution in [0.4, 0.5) is 0 Å². The monoisotopic (exact) mass is 433 g/mol. The Balaban J connectivity index is 1.70. The van der Waals surface area contributed by atoms with E-state index in [0.717, 1.165) is 5.56 Å².